The van der Waals surface area contributed by atoms with Crippen LogP contribution in [0, 0.1) is 5.92 Å². The molecule has 0 radical (unpaired) electrons. The lowest BCUT2D eigenvalue weighted by Gasteiger charge is -2.22. The minimum Gasteiger partial charge on any atom is -0.381 e. The summed E-state index contributed by atoms with van der Waals surface area (Å²) < 4.78 is 33.2. The molecule has 7 heteroatoms. The highest BCUT2D eigenvalue weighted by Gasteiger charge is 2.21. The van der Waals surface area contributed by atoms with Crippen molar-refractivity contribution in [1.29, 1.82) is 0 Å². The normalized spacial score (nSPS) is 20.0. The molecule has 1 fully saturated rings. The molecule has 0 amide bonds. The Balaban J connectivity index is 2.09. The van der Waals surface area contributed by atoms with Gasteiger partial charge >= 0.3 is 0 Å². The van der Waals surface area contributed by atoms with Gasteiger partial charge in [-0.25, -0.2) is 13.1 Å². The Bertz CT molecular complexity index is 557. The highest BCUT2D eigenvalue weighted by Crippen LogP contribution is 2.23. The second-order valence-electron chi connectivity index (χ2n) is 4.90. The number of rotatable bonds is 5. The molecule has 0 aromatic heterocycles. The summed E-state index contributed by atoms with van der Waals surface area (Å²) >= 11 is 3.28. The first-order valence-corrected chi connectivity index (χ1v) is 8.86. The highest BCUT2D eigenvalue weighted by molar-refractivity contribution is 9.10. The van der Waals surface area contributed by atoms with Gasteiger partial charge in [-0.1, -0.05) is 6.07 Å². The van der Waals surface area contributed by atoms with Gasteiger partial charge in [0.2, 0.25) is 10.0 Å². The van der Waals surface area contributed by atoms with Crippen LogP contribution in [0.1, 0.15) is 18.4 Å². The van der Waals surface area contributed by atoms with E-state index < -0.39 is 10.0 Å². The first-order valence-electron chi connectivity index (χ1n) is 6.59. The second kappa shape index (κ2) is 7.00. The van der Waals surface area contributed by atoms with Gasteiger partial charge in [-0.15, -0.1) is 0 Å². The molecule has 3 N–H and O–H groups in total. The van der Waals surface area contributed by atoms with E-state index in [1.165, 1.54) is 0 Å². The number of sulfonamides is 1. The third-order valence-corrected chi connectivity index (χ3v) is 5.75. The van der Waals surface area contributed by atoms with E-state index in [-0.39, 0.29) is 10.8 Å². The molecule has 1 heterocycles. The molecule has 0 aliphatic carbocycles. The van der Waals surface area contributed by atoms with Gasteiger partial charge in [-0.3, -0.25) is 0 Å². The number of nitrogens with one attached hydrogen (secondary N) is 1. The maximum absolute atomic E-state index is 12.3. The quantitative estimate of drug-likeness (QED) is 0.833. The number of hydrogen-bond acceptors (Lipinski definition) is 4. The maximum atomic E-state index is 12.3. The van der Waals surface area contributed by atoms with E-state index in [1.807, 2.05) is 0 Å². The highest BCUT2D eigenvalue weighted by atomic mass is 79.9. The van der Waals surface area contributed by atoms with Crippen LogP contribution in [0.5, 0.6) is 0 Å². The zero-order valence-electron chi connectivity index (χ0n) is 11.1. The number of hydrogen-bond donors (Lipinski definition) is 2. The Labute approximate surface area is 128 Å². The fourth-order valence-corrected chi connectivity index (χ4v) is 4.28. The predicted molar refractivity (Wildman–Crippen MR) is 80.8 cm³/mol. The molecule has 1 aromatic rings. The van der Waals surface area contributed by atoms with Gasteiger partial charge in [-0.2, -0.15) is 0 Å². The van der Waals surface area contributed by atoms with Crippen LogP contribution >= 0.6 is 15.9 Å². The van der Waals surface area contributed by atoms with E-state index in [9.17, 15) is 8.42 Å². The number of ether oxygens (including phenoxy) is 1. The first-order chi connectivity index (χ1) is 9.53. The zero-order valence-corrected chi connectivity index (χ0v) is 13.5. The van der Waals surface area contributed by atoms with Crippen molar-refractivity contribution >= 4 is 26.0 Å². The van der Waals surface area contributed by atoms with Crippen LogP contribution in [0.4, 0.5) is 0 Å². The Morgan fingerprint density at radius 1 is 1.45 bits per heavy atom. The Morgan fingerprint density at radius 3 is 2.90 bits per heavy atom. The molecule has 2 rings (SSSR count). The molecule has 1 aliphatic rings. The van der Waals surface area contributed by atoms with Crippen LogP contribution in [0.3, 0.4) is 0 Å². The fourth-order valence-electron chi connectivity index (χ4n) is 2.15. The molecule has 5 nitrogen and oxygen atoms in total. The molecule has 1 atom stereocenters. The summed E-state index contributed by atoms with van der Waals surface area (Å²) in [6, 6.07) is 5.11. The van der Waals surface area contributed by atoms with Crippen LogP contribution in [-0.2, 0) is 21.3 Å². The van der Waals surface area contributed by atoms with E-state index in [0.717, 1.165) is 25.0 Å². The van der Waals surface area contributed by atoms with Crippen molar-refractivity contribution in [2.24, 2.45) is 11.7 Å². The van der Waals surface area contributed by atoms with Gasteiger partial charge in [0.05, 0.1) is 11.5 Å². The first kappa shape index (κ1) is 15.9. The number of nitrogens with two attached hydrogens (primary N) is 1. The Morgan fingerprint density at radius 2 is 2.25 bits per heavy atom. The van der Waals surface area contributed by atoms with E-state index in [1.54, 1.807) is 18.2 Å². The molecule has 0 saturated carbocycles. The molecule has 112 valence electrons. The predicted octanol–water partition coefficient (Wildman–Crippen LogP) is 1.61. The average molecular weight is 363 g/mol. The fraction of sp³-hybridized carbons (Fsp3) is 0.538. The maximum Gasteiger partial charge on any atom is 0.241 e. The standard InChI is InChI=1S/C13H19BrN2O3S/c14-12-4-3-10(7-15)6-13(12)20(17,18)16-8-11-2-1-5-19-9-11/h3-4,6,11,16H,1-2,5,7-9,15H2. The van der Waals surface area contributed by atoms with Gasteiger partial charge in [0, 0.05) is 24.2 Å². The SMILES string of the molecule is NCc1ccc(Br)c(S(=O)(=O)NCC2CCCOC2)c1. The van der Waals surface area contributed by atoms with Crippen LogP contribution in [0.15, 0.2) is 27.6 Å². The van der Waals surface area contributed by atoms with E-state index >= 15 is 0 Å². The topological polar surface area (TPSA) is 81.4 Å². The van der Waals surface area contributed by atoms with Crippen molar-refractivity contribution in [2.45, 2.75) is 24.3 Å². The molecule has 0 spiro atoms. The average Bonchev–Trinajstić information content (AvgIpc) is 2.47. The smallest absolute Gasteiger partial charge is 0.241 e. The van der Waals surface area contributed by atoms with Gasteiger partial charge in [-0.05, 0) is 52.4 Å². The minimum absolute atomic E-state index is 0.233. The largest absolute Gasteiger partial charge is 0.381 e. The Hall–Kier alpha value is -0.470. The van der Waals surface area contributed by atoms with Crippen LogP contribution in [-0.4, -0.2) is 28.2 Å². The molecule has 1 aliphatic heterocycles. The third-order valence-electron chi connectivity index (χ3n) is 3.34. The minimum atomic E-state index is -3.53. The van der Waals surface area contributed by atoms with Crippen molar-refractivity contribution in [1.82, 2.24) is 4.72 Å². The van der Waals surface area contributed by atoms with Crippen molar-refractivity contribution in [3.05, 3.63) is 28.2 Å². The van der Waals surface area contributed by atoms with E-state index in [2.05, 4.69) is 20.7 Å². The van der Waals surface area contributed by atoms with Gasteiger partial charge in [0.15, 0.2) is 0 Å². The molecular weight excluding hydrogens is 344 g/mol. The third kappa shape index (κ3) is 4.02. The zero-order chi connectivity index (χ0) is 14.6. The lowest BCUT2D eigenvalue weighted by Crippen LogP contribution is -2.33. The summed E-state index contributed by atoms with van der Waals surface area (Å²) in [6.07, 6.45) is 1.98. The van der Waals surface area contributed by atoms with Crippen LogP contribution in [0.25, 0.3) is 0 Å². The van der Waals surface area contributed by atoms with E-state index in [4.69, 9.17) is 10.5 Å². The lowest BCUT2D eigenvalue weighted by molar-refractivity contribution is 0.0568. The molecule has 20 heavy (non-hydrogen) atoms. The second-order valence-corrected chi connectivity index (χ2v) is 7.49. The summed E-state index contributed by atoms with van der Waals surface area (Å²) in [4.78, 5) is 0.233. The number of benzene rings is 1. The van der Waals surface area contributed by atoms with Crippen LogP contribution in [0.2, 0.25) is 0 Å². The molecule has 1 unspecified atom stereocenters. The van der Waals surface area contributed by atoms with Gasteiger partial charge in [0.1, 0.15) is 0 Å². The summed E-state index contributed by atoms with van der Waals surface area (Å²) in [5.41, 5.74) is 6.34. The summed E-state index contributed by atoms with van der Waals surface area (Å²) in [7, 11) is -3.53. The van der Waals surface area contributed by atoms with Gasteiger partial charge < -0.3 is 10.5 Å². The van der Waals surface area contributed by atoms with Crippen molar-refractivity contribution in [2.75, 3.05) is 19.8 Å². The molecule has 0 bridgehead atoms. The lowest BCUT2D eigenvalue weighted by atomic mass is 10.0. The monoisotopic (exact) mass is 362 g/mol. The summed E-state index contributed by atoms with van der Waals surface area (Å²) in [5.74, 6) is 0.245. The van der Waals surface area contributed by atoms with Crippen molar-refractivity contribution in [3.8, 4) is 0 Å². The summed E-state index contributed by atoms with van der Waals surface area (Å²) in [6.45, 7) is 2.10. The Kier molecular flexibility index (Phi) is 5.57. The number of halogens is 1. The molecule has 1 saturated heterocycles. The van der Waals surface area contributed by atoms with Gasteiger partial charge in [0.25, 0.3) is 0 Å². The summed E-state index contributed by atoms with van der Waals surface area (Å²) in [5, 5.41) is 0. The molecular formula is C13H19BrN2O3S. The van der Waals surface area contributed by atoms with E-state index in [0.29, 0.717) is 24.2 Å². The van der Waals surface area contributed by atoms with Crippen molar-refractivity contribution in [3.63, 3.8) is 0 Å². The molecule has 1 aromatic carbocycles. The van der Waals surface area contributed by atoms with Crippen LogP contribution < -0.4 is 10.5 Å². The van der Waals surface area contributed by atoms with Crippen molar-refractivity contribution < 1.29 is 13.2 Å².